The molecule has 0 aromatic heterocycles. The summed E-state index contributed by atoms with van der Waals surface area (Å²) in [6.45, 7) is 1.37. The third-order valence-electron chi connectivity index (χ3n) is 4.95. The summed E-state index contributed by atoms with van der Waals surface area (Å²) in [7, 11) is -4.86. The van der Waals surface area contributed by atoms with Gasteiger partial charge in [-0.1, -0.05) is 0 Å². The van der Waals surface area contributed by atoms with Gasteiger partial charge in [-0.25, -0.2) is 15.6 Å². The van der Waals surface area contributed by atoms with E-state index in [2.05, 4.69) is 9.60 Å². The van der Waals surface area contributed by atoms with E-state index in [9.17, 15) is 22.8 Å². The Morgan fingerprint density at radius 2 is 1.85 bits per heavy atom. The fourth-order valence-electron chi connectivity index (χ4n) is 3.62. The molecule has 0 aromatic carbocycles. The third-order valence-corrected chi connectivity index (χ3v) is 5.29. The smallest absolute Gasteiger partial charge is 0.317 e. The Kier molecular flexibility index (Phi) is 5.16. The topological polar surface area (TPSA) is 163 Å². The van der Waals surface area contributed by atoms with E-state index in [1.54, 1.807) is 0 Å². The second kappa shape index (κ2) is 7.08. The highest BCUT2D eigenvalue weighted by molar-refractivity contribution is 7.80. The van der Waals surface area contributed by atoms with Crippen LogP contribution < -0.4 is 11.2 Å². The molecular formula is C13H21N5O7S. The number of nitrogens with one attached hydrogen (secondary N) is 1. The van der Waals surface area contributed by atoms with E-state index in [1.165, 1.54) is 0 Å². The molecule has 0 aliphatic carbocycles. The van der Waals surface area contributed by atoms with Crippen molar-refractivity contribution in [1.29, 1.82) is 0 Å². The van der Waals surface area contributed by atoms with Crippen LogP contribution in [-0.2, 0) is 24.3 Å². The quantitative estimate of drug-likeness (QED) is 0.165. The number of hydrazine groups is 1. The molecule has 3 heterocycles. The molecule has 3 saturated heterocycles. The lowest BCUT2D eigenvalue weighted by Gasteiger charge is -2.33. The summed E-state index contributed by atoms with van der Waals surface area (Å²) < 4.78 is 34.9. The summed E-state index contributed by atoms with van der Waals surface area (Å²) in [4.78, 5) is 38.5. The third kappa shape index (κ3) is 3.66. The van der Waals surface area contributed by atoms with Crippen molar-refractivity contribution in [3.05, 3.63) is 0 Å². The summed E-state index contributed by atoms with van der Waals surface area (Å²) >= 11 is 0. The number of carbonyl (C=O) groups excluding carboxylic acids is 3. The lowest BCUT2D eigenvalue weighted by atomic mass is 9.96. The van der Waals surface area contributed by atoms with Gasteiger partial charge < -0.3 is 10.2 Å². The van der Waals surface area contributed by atoms with Gasteiger partial charge in [0.1, 0.15) is 6.04 Å². The van der Waals surface area contributed by atoms with Crippen molar-refractivity contribution >= 4 is 28.2 Å². The fourth-order valence-corrected chi connectivity index (χ4v) is 4.01. The molecule has 0 saturated carbocycles. The number of piperidine rings is 2. The van der Waals surface area contributed by atoms with Gasteiger partial charge in [0.15, 0.2) is 0 Å². The molecule has 12 nitrogen and oxygen atoms in total. The average molecular weight is 391 g/mol. The van der Waals surface area contributed by atoms with Crippen LogP contribution in [0, 0.1) is 5.92 Å². The van der Waals surface area contributed by atoms with E-state index in [0.29, 0.717) is 36.0 Å². The Morgan fingerprint density at radius 1 is 1.19 bits per heavy atom. The Morgan fingerprint density at radius 3 is 2.46 bits per heavy atom. The molecule has 0 spiro atoms. The zero-order valence-corrected chi connectivity index (χ0v) is 14.7. The zero-order chi connectivity index (χ0) is 19.1. The van der Waals surface area contributed by atoms with Gasteiger partial charge in [-0.05, 0) is 38.8 Å². The van der Waals surface area contributed by atoms with Crippen LogP contribution in [0.2, 0.25) is 0 Å². The van der Waals surface area contributed by atoms with Crippen LogP contribution in [0.5, 0.6) is 0 Å². The first kappa shape index (κ1) is 19.0. The molecule has 0 unspecified atom stereocenters. The summed E-state index contributed by atoms with van der Waals surface area (Å²) in [6, 6.07) is -2.46. The number of urea groups is 1. The number of carbonyl (C=O) groups is 3. The molecule has 4 amide bonds. The molecular weight excluding hydrogens is 370 g/mol. The number of rotatable bonds is 4. The van der Waals surface area contributed by atoms with E-state index in [1.807, 2.05) is 0 Å². The standard InChI is InChI=1S/C13H21N5O7S/c14-17(11(19)8-3-5-15-6-4-8)12(20)10-2-1-9-7-16(10)13(21)18(9)25-26(22,23)24/h8-10,15H,1-7,14H2,(H,22,23,24)/t9-,10+/m1/s1. The van der Waals surface area contributed by atoms with Gasteiger partial charge in [0.25, 0.3) is 5.91 Å². The van der Waals surface area contributed by atoms with Crippen molar-refractivity contribution in [1.82, 2.24) is 20.3 Å². The molecule has 2 atom stereocenters. The van der Waals surface area contributed by atoms with Crippen molar-refractivity contribution in [3.8, 4) is 0 Å². The van der Waals surface area contributed by atoms with Gasteiger partial charge in [-0.3, -0.25) is 14.1 Å². The van der Waals surface area contributed by atoms with Crippen LogP contribution in [0.1, 0.15) is 25.7 Å². The van der Waals surface area contributed by atoms with Gasteiger partial charge in [-0.15, -0.1) is 4.28 Å². The van der Waals surface area contributed by atoms with Crippen LogP contribution in [0.3, 0.4) is 0 Å². The first-order valence-electron chi connectivity index (χ1n) is 8.29. The highest BCUT2D eigenvalue weighted by atomic mass is 32.3. The minimum atomic E-state index is -4.86. The lowest BCUT2D eigenvalue weighted by Crippen LogP contribution is -2.57. The Hall–Kier alpha value is -1.80. The van der Waals surface area contributed by atoms with Crippen molar-refractivity contribution in [3.63, 3.8) is 0 Å². The molecule has 26 heavy (non-hydrogen) atoms. The highest BCUT2D eigenvalue weighted by Gasteiger charge is 2.50. The normalized spacial score (nSPS) is 26.9. The number of imide groups is 1. The second-order valence-electron chi connectivity index (χ2n) is 6.58. The van der Waals surface area contributed by atoms with Crippen LogP contribution in [-0.4, -0.2) is 77.5 Å². The summed E-state index contributed by atoms with van der Waals surface area (Å²) in [5, 5.41) is 4.22. The van der Waals surface area contributed by atoms with E-state index in [4.69, 9.17) is 10.4 Å². The van der Waals surface area contributed by atoms with Crippen molar-refractivity contribution in [2.45, 2.75) is 37.8 Å². The van der Waals surface area contributed by atoms with Gasteiger partial charge >= 0.3 is 16.4 Å². The zero-order valence-electron chi connectivity index (χ0n) is 13.9. The first-order valence-corrected chi connectivity index (χ1v) is 9.65. The number of amides is 4. The number of hydroxylamine groups is 2. The highest BCUT2D eigenvalue weighted by Crippen LogP contribution is 2.31. The van der Waals surface area contributed by atoms with Gasteiger partial charge in [-0.2, -0.15) is 13.5 Å². The van der Waals surface area contributed by atoms with Gasteiger partial charge in [0.2, 0.25) is 5.91 Å². The Bertz CT molecular complexity index is 708. The predicted molar refractivity (Wildman–Crippen MR) is 85.0 cm³/mol. The SMILES string of the molecule is NN(C(=O)C1CCNCC1)C(=O)[C@@H]1CC[C@@H]2CN1C(=O)N2OS(=O)(=O)O. The molecule has 0 radical (unpaired) electrons. The molecule has 3 rings (SSSR count). The van der Waals surface area contributed by atoms with Crippen LogP contribution in [0.4, 0.5) is 4.79 Å². The van der Waals surface area contributed by atoms with Crippen molar-refractivity contribution < 1.29 is 31.6 Å². The number of fused-ring (bicyclic) bond motifs is 2. The monoisotopic (exact) mass is 391 g/mol. The minimum Gasteiger partial charge on any atom is -0.317 e. The summed E-state index contributed by atoms with van der Waals surface area (Å²) in [5.41, 5.74) is 0. The Labute approximate surface area is 150 Å². The average Bonchev–Trinajstić information content (AvgIpc) is 2.84. The minimum absolute atomic E-state index is 0.0418. The molecule has 3 aliphatic heterocycles. The van der Waals surface area contributed by atoms with E-state index >= 15 is 0 Å². The molecule has 2 bridgehead atoms. The molecule has 4 N–H and O–H groups in total. The second-order valence-corrected chi connectivity index (χ2v) is 7.59. The molecule has 0 aromatic rings. The summed E-state index contributed by atoms with van der Waals surface area (Å²) in [5.74, 6) is 4.17. The van der Waals surface area contributed by atoms with E-state index in [0.717, 1.165) is 4.90 Å². The number of nitrogens with zero attached hydrogens (tertiary/aromatic N) is 3. The van der Waals surface area contributed by atoms with Gasteiger partial charge in [0.05, 0.1) is 6.04 Å². The maximum Gasteiger partial charge on any atom is 0.418 e. The Balaban J connectivity index is 1.69. The molecule has 3 fully saturated rings. The molecule has 146 valence electrons. The lowest BCUT2D eigenvalue weighted by molar-refractivity contribution is -0.151. The number of hydrogen-bond donors (Lipinski definition) is 3. The van der Waals surface area contributed by atoms with Crippen molar-refractivity contribution in [2.24, 2.45) is 11.8 Å². The predicted octanol–water partition coefficient (Wildman–Crippen LogP) is -1.78. The van der Waals surface area contributed by atoms with Crippen LogP contribution >= 0.6 is 0 Å². The maximum atomic E-state index is 12.7. The largest absolute Gasteiger partial charge is 0.418 e. The van der Waals surface area contributed by atoms with Crippen LogP contribution in [0.25, 0.3) is 0 Å². The number of nitrogens with two attached hydrogens (primary N) is 1. The summed E-state index contributed by atoms with van der Waals surface area (Å²) in [6.07, 6.45) is 1.62. The fraction of sp³-hybridized carbons (Fsp3) is 0.769. The molecule has 13 heteroatoms. The van der Waals surface area contributed by atoms with Gasteiger partial charge in [0, 0.05) is 12.5 Å². The maximum absolute atomic E-state index is 12.7. The van der Waals surface area contributed by atoms with E-state index in [-0.39, 0.29) is 25.3 Å². The van der Waals surface area contributed by atoms with Crippen LogP contribution in [0.15, 0.2) is 0 Å². The molecule has 3 aliphatic rings. The number of hydrogen-bond acceptors (Lipinski definition) is 8. The first-order chi connectivity index (χ1) is 12.2. The van der Waals surface area contributed by atoms with E-state index < -0.39 is 40.3 Å². The van der Waals surface area contributed by atoms with Crippen molar-refractivity contribution in [2.75, 3.05) is 19.6 Å².